The first-order chi connectivity index (χ1) is 13.1. The van der Waals surface area contributed by atoms with Crippen molar-refractivity contribution in [2.45, 2.75) is 13.5 Å². The second kappa shape index (κ2) is 7.17. The van der Waals surface area contributed by atoms with Crippen molar-refractivity contribution in [1.82, 2.24) is 10.3 Å². The standard InChI is InChI=1S/C21H16N2O3S/c1-13-22-15(12-27-13)11-26-16-8-6-14(7-9-16)10-19-17-4-2-3-5-18(17)20(24)23-21(19)25/h2-10,12H,11H2,1H3,(H,23,24,25)/b19-10+. The number of carbonyl (C=O) groups excluding carboxylic acids is 2. The van der Waals surface area contributed by atoms with Crippen LogP contribution in [0, 0.1) is 6.92 Å². The van der Waals surface area contributed by atoms with Crippen LogP contribution in [0.5, 0.6) is 5.75 Å². The minimum Gasteiger partial charge on any atom is -0.487 e. The Labute approximate surface area is 160 Å². The molecular formula is C21H16N2O3S. The number of nitrogens with zero attached hydrogens (tertiary/aromatic N) is 1. The van der Waals surface area contributed by atoms with Gasteiger partial charge in [-0.2, -0.15) is 0 Å². The van der Waals surface area contributed by atoms with E-state index < -0.39 is 5.91 Å². The molecule has 1 N–H and O–H groups in total. The number of aromatic nitrogens is 1. The van der Waals surface area contributed by atoms with E-state index in [9.17, 15) is 9.59 Å². The van der Waals surface area contributed by atoms with Crippen LogP contribution in [0.15, 0.2) is 53.9 Å². The van der Waals surface area contributed by atoms with Crippen LogP contribution in [0.2, 0.25) is 0 Å². The first kappa shape index (κ1) is 17.2. The highest BCUT2D eigenvalue weighted by atomic mass is 32.1. The fraction of sp³-hybridized carbons (Fsp3) is 0.0952. The minimum atomic E-state index is -0.391. The van der Waals surface area contributed by atoms with Gasteiger partial charge < -0.3 is 4.74 Å². The Hall–Kier alpha value is -3.25. The molecule has 1 aliphatic heterocycles. The summed E-state index contributed by atoms with van der Waals surface area (Å²) in [5, 5.41) is 5.38. The number of thiazole rings is 1. The smallest absolute Gasteiger partial charge is 0.258 e. The zero-order valence-corrected chi connectivity index (χ0v) is 15.4. The quantitative estimate of drug-likeness (QED) is 0.555. The van der Waals surface area contributed by atoms with E-state index in [1.54, 1.807) is 35.6 Å². The van der Waals surface area contributed by atoms with Crippen LogP contribution in [-0.2, 0) is 11.4 Å². The van der Waals surface area contributed by atoms with Crippen molar-refractivity contribution >= 4 is 34.8 Å². The lowest BCUT2D eigenvalue weighted by Gasteiger charge is -2.18. The van der Waals surface area contributed by atoms with E-state index in [0.29, 0.717) is 23.3 Å². The van der Waals surface area contributed by atoms with Crippen LogP contribution in [-0.4, -0.2) is 16.8 Å². The van der Waals surface area contributed by atoms with Gasteiger partial charge in [-0.1, -0.05) is 30.3 Å². The highest BCUT2D eigenvalue weighted by Crippen LogP contribution is 2.26. The monoisotopic (exact) mass is 376 g/mol. The zero-order chi connectivity index (χ0) is 18.8. The summed E-state index contributed by atoms with van der Waals surface area (Å²) >= 11 is 1.60. The number of fused-ring (bicyclic) bond motifs is 1. The fourth-order valence-corrected chi connectivity index (χ4v) is 3.48. The number of rotatable bonds is 4. The van der Waals surface area contributed by atoms with E-state index in [-0.39, 0.29) is 5.91 Å². The number of ether oxygens (including phenoxy) is 1. The summed E-state index contributed by atoms with van der Waals surface area (Å²) in [5.74, 6) is -0.0295. The summed E-state index contributed by atoms with van der Waals surface area (Å²) in [6, 6.07) is 14.5. The van der Waals surface area contributed by atoms with E-state index in [1.165, 1.54) is 0 Å². The van der Waals surface area contributed by atoms with Crippen LogP contribution in [0.4, 0.5) is 0 Å². The molecule has 2 aromatic carbocycles. The topological polar surface area (TPSA) is 68.3 Å². The van der Waals surface area contributed by atoms with Gasteiger partial charge in [0.15, 0.2) is 0 Å². The highest BCUT2D eigenvalue weighted by molar-refractivity contribution is 7.09. The summed E-state index contributed by atoms with van der Waals surface area (Å²) in [6.07, 6.45) is 1.77. The van der Waals surface area contributed by atoms with Gasteiger partial charge in [0.2, 0.25) is 0 Å². The molecule has 5 nitrogen and oxygen atoms in total. The van der Waals surface area contributed by atoms with Crippen molar-refractivity contribution in [2.24, 2.45) is 0 Å². The number of benzene rings is 2. The van der Waals surface area contributed by atoms with Crippen LogP contribution in [0.3, 0.4) is 0 Å². The fourth-order valence-electron chi connectivity index (χ4n) is 2.88. The highest BCUT2D eigenvalue weighted by Gasteiger charge is 2.26. The zero-order valence-electron chi connectivity index (χ0n) is 14.6. The lowest BCUT2D eigenvalue weighted by molar-refractivity contribution is -0.114. The Balaban J connectivity index is 1.54. The molecular weight excluding hydrogens is 360 g/mol. The predicted molar refractivity (Wildman–Crippen MR) is 104 cm³/mol. The lowest BCUT2D eigenvalue weighted by Crippen LogP contribution is -2.36. The van der Waals surface area contributed by atoms with Crippen LogP contribution in [0.25, 0.3) is 11.6 Å². The Bertz CT molecular complexity index is 1050. The van der Waals surface area contributed by atoms with Gasteiger partial charge in [0.1, 0.15) is 12.4 Å². The molecule has 0 unspecified atom stereocenters. The van der Waals surface area contributed by atoms with Gasteiger partial charge in [0, 0.05) is 16.5 Å². The second-order valence-corrected chi connectivity index (χ2v) is 7.16. The van der Waals surface area contributed by atoms with Crippen molar-refractivity contribution in [2.75, 3.05) is 0 Å². The molecule has 0 aliphatic carbocycles. The Morgan fingerprint density at radius 2 is 1.78 bits per heavy atom. The molecule has 27 heavy (non-hydrogen) atoms. The Morgan fingerprint density at radius 3 is 2.48 bits per heavy atom. The predicted octanol–water partition coefficient (Wildman–Crippen LogP) is 3.84. The molecule has 1 aliphatic rings. The molecule has 0 fully saturated rings. The van der Waals surface area contributed by atoms with E-state index in [1.807, 2.05) is 42.6 Å². The third kappa shape index (κ3) is 3.66. The van der Waals surface area contributed by atoms with E-state index >= 15 is 0 Å². The summed E-state index contributed by atoms with van der Waals surface area (Å²) in [4.78, 5) is 28.6. The number of imide groups is 1. The molecule has 0 saturated carbocycles. The van der Waals surface area contributed by atoms with Crippen molar-refractivity contribution in [3.8, 4) is 5.75 Å². The van der Waals surface area contributed by atoms with E-state index in [0.717, 1.165) is 22.0 Å². The molecule has 2 amide bonds. The average Bonchev–Trinajstić information content (AvgIpc) is 3.10. The summed E-state index contributed by atoms with van der Waals surface area (Å²) in [7, 11) is 0. The molecule has 0 spiro atoms. The number of nitrogens with one attached hydrogen (secondary N) is 1. The number of carbonyl (C=O) groups is 2. The van der Waals surface area contributed by atoms with Gasteiger partial charge in [-0.05, 0) is 42.3 Å². The second-order valence-electron chi connectivity index (χ2n) is 6.10. The van der Waals surface area contributed by atoms with E-state index in [2.05, 4.69) is 10.3 Å². The third-order valence-corrected chi connectivity index (χ3v) is 5.00. The third-order valence-electron chi connectivity index (χ3n) is 4.18. The van der Waals surface area contributed by atoms with Crippen LogP contribution < -0.4 is 10.1 Å². The molecule has 0 atom stereocenters. The maximum atomic E-state index is 12.3. The van der Waals surface area contributed by atoms with Gasteiger partial charge in [-0.3, -0.25) is 14.9 Å². The lowest BCUT2D eigenvalue weighted by atomic mass is 9.93. The first-order valence-corrected chi connectivity index (χ1v) is 9.29. The Morgan fingerprint density at radius 1 is 1.04 bits per heavy atom. The number of amides is 2. The van der Waals surface area contributed by atoms with Gasteiger partial charge in [0.25, 0.3) is 11.8 Å². The van der Waals surface area contributed by atoms with E-state index in [4.69, 9.17) is 4.74 Å². The number of hydrogen-bond donors (Lipinski definition) is 1. The summed E-state index contributed by atoms with van der Waals surface area (Å²) < 4.78 is 5.74. The van der Waals surface area contributed by atoms with Crippen molar-refractivity contribution in [1.29, 1.82) is 0 Å². The largest absolute Gasteiger partial charge is 0.487 e. The normalized spacial score (nSPS) is 14.8. The molecule has 0 radical (unpaired) electrons. The molecule has 0 saturated heterocycles. The summed E-state index contributed by atoms with van der Waals surface area (Å²) in [5.41, 5.74) is 3.37. The number of hydrogen-bond acceptors (Lipinski definition) is 5. The van der Waals surface area contributed by atoms with Gasteiger partial charge >= 0.3 is 0 Å². The average molecular weight is 376 g/mol. The van der Waals surface area contributed by atoms with Crippen molar-refractivity contribution in [3.05, 3.63) is 81.3 Å². The van der Waals surface area contributed by atoms with Gasteiger partial charge in [-0.15, -0.1) is 11.3 Å². The van der Waals surface area contributed by atoms with Crippen LogP contribution in [0.1, 0.15) is 32.2 Å². The summed E-state index contributed by atoms with van der Waals surface area (Å²) in [6.45, 7) is 2.38. The molecule has 3 aromatic rings. The van der Waals surface area contributed by atoms with Gasteiger partial charge in [0.05, 0.1) is 10.7 Å². The van der Waals surface area contributed by atoms with Gasteiger partial charge in [-0.25, -0.2) is 4.98 Å². The maximum Gasteiger partial charge on any atom is 0.258 e. The Kier molecular flexibility index (Phi) is 4.56. The van der Waals surface area contributed by atoms with Crippen molar-refractivity contribution < 1.29 is 14.3 Å². The van der Waals surface area contributed by atoms with Crippen molar-refractivity contribution in [3.63, 3.8) is 0 Å². The maximum absolute atomic E-state index is 12.3. The molecule has 134 valence electrons. The SMILES string of the molecule is Cc1nc(COc2ccc(/C=C3/C(=O)NC(=O)c4ccccc43)cc2)cs1. The molecule has 6 heteroatoms. The molecule has 0 bridgehead atoms. The van der Waals surface area contributed by atoms with Crippen LogP contribution >= 0.6 is 11.3 Å². The minimum absolute atomic E-state index is 0.367. The molecule has 1 aromatic heterocycles. The molecule has 2 heterocycles. The molecule has 4 rings (SSSR count). The first-order valence-electron chi connectivity index (χ1n) is 8.41. The number of aryl methyl sites for hydroxylation is 1.